The van der Waals surface area contributed by atoms with Crippen LogP contribution in [-0.4, -0.2) is 19.4 Å². The lowest BCUT2D eigenvalue weighted by Crippen LogP contribution is -2.40. The van der Waals surface area contributed by atoms with E-state index in [0.29, 0.717) is 5.04 Å². The summed E-state index contributed by atoms with van der Waals surface area (Å²) in [4.78, 5) is 0. The first kappa shape index (κ1) is 18.5. The molecular weight excluding hydrogens is 351 g/mol. The van der Waals surface area contributed by atoms with Crippen LogP contribution in [0.5, 0.6) is 0 Å². The van der Waals surface area contributed by atoms with Gasteiger partial charge in [0.25, 0.3) is 0 Å². The van der Waals surface area contributed by atoms with Gasteiger partial charge in [-0.1, -0.05) is 49.8 Å². The quantitative estimate of drug-likeness (QED) is 0.189. The Kier molecular flexibility index (Phi) is 9.63. The van der Waals surface area contributed by atoms with Crippen LogP contribution in [0.15, 0.2) is 0 Å². The molecule has 0 saturated heterocycles. The van der Waals surface area contributed by atoms with Crippen LogP contribution in [0.25, 0.3) is 0 Å². The van der Waals surface area contributed by atoms with Crippen molar-refractivity contribution in [3.05, 3.63) is 0 Å². The van der Waals surface area contributed by atoms with Crippen molar-refractivity contribution in [3.63, 3.8) is 0 Å². The summed E-state index contributed by atoms with van der Waals surface area (Å²) < 4.78 is 7.34. The highest BCUT2D eigenvalue weighted by atomic mass is 127. The van der Waals surface area contributed by atoms with Gasteiger partial charge in [-0.05, 0) is 35.4 Å². The Morgan fingerprint density at radius 3 is 2.17 bits per heavy atom. The summed E-state index contributed by atoms with van der Waals surface area (Å²) in [6.45, 7) is 12.2. The number of halogens is 1. The van der Waals surface area contributed by atoms with Crippen LogP contribution in [0.4, 0.5) is 0 Å². The minimum Gasteiger partial charge on any atom is -0.416 e. The molecular formula is C15H29IOSi. The molecule has 0 aliphatic heterocycles. The summed E-state index contributed by atoms with van der Waals surface area (Å²) in [6.07, 6.45) is 5.84. The van der Waals surface area contributed by atoms with Crippen molar-refractivity contribution in [1.29, 1.82) is 0 Å². The van der Waals surface area contributed by atoms with E-state index >= 15 is 0 Å². The molecule has 0 N–H and O–H groups in total. The molecule has 0 atom stereocenters. The molecule has 0 aliphatic rings. The second kappa shape index (κ2) is 9.38. The number of hydrogen-bond acceptors (Lipinski definition) is 1. The van der Waals surface area contributed by atoms with Crippen molar-refractivity contribution in [2.75, 3.05) is 11.0 Å². The highest BCUT2D eigenvalue weighted by molar-refractivity contribution is 14.1. The molecule has 0 aromatic heterocycles. The lowest BCUT2D eigenvalue weighted by molar-refractivity contribution is 0.296. The summed E-state index contributed by atoms with van der Waals surface area (Å²) >= 11 is 2.43. The Morgan fingerprint density at radius 1 is 1.00 bits per heavy atom. The van der Waals surface area contributed by atoms with Crippen LogP contribution >= 0.6 is 22.6 Å². The summed E-state index contributed by atoms with van der Waals surface area (Å²) in [7, 11) is -1.56. The van der Waals surface area contributed by atoms with E-state index in [0.717, 1.165) is 19.4 Å². The second-order valence-electron chi connectivity index (χ2n) is 6.21. The molecule has 0 rings (SSSR count). The van der Waals surface area contributed by atoms with Gasteiger partial charge in [0.2, 0.25) is 0 Å². The molecule has 0 aliphatic carbocycles. The minimum absolute atomic E-state index is 0.305. The molecule has 0 saturated carbocycles. The standard InChI is InChI=1S/C15H29IOSi/c1-15(2,3)18(4,5)17-14-12-10-8-6-7-9-11-13-16/h6-7,9,11-14H2,1-5H3. The van der Waals surface area contributed by atoms with Gasteiger partial charge in [-0.3, -0.25) is 0 Å². The Labute approximate surface area is 129 Å². The molecule has 0 heterocycles. The van der Waals surface area contributed by atoms with E-state index in [4.69, 9.17) is 4.43 Å². The van der Waals surface area contributed by atoms with Crippen LogP contribution in [0.1, 0.15) is 52.9 Å². The number of alkyl halides is 1. The third-order valence-corrected chi connectivity index (χ3v) is 8.86. The van der Waals surface area contributed by atoms with E-state index in [-0.39, 0.29) is 0 Å². The van der Waals surface area contributed by atoms with Crippen LogP contribution in [0.3, 0.4) is 0 Å². The van der Waals surface area contributed by atoms with Crippen molar-refractivity contribution in [1.82, 2.24) is 0 Å². The van der Waals surface area contributed by atoms with Crippen molar-refractivity contribution in [2.24, 2.45) is 0 Å². The zero-order chi connectivity index (χ0) is 14.1. The van der Waals surface area contributed by atoms with Crippen LogP contribution < -0.4 is 0 Å². The van der Waals surface area contributed by atoms with E-state index in [9.17, 15) is 0 Å². The van der Waals surface area contributed by atoms with Crippen molar-refractivity contribution in [3.8, 4) is 11.8 Å². The molecule has 0 spiro atoms. The van der Waals surface area contributed by atoms with Gasteiger partial charge < -0.3 is 4.43 Å². The molecule has 106 valence electrons. The van der Waals surface area contributed by atoms with E-state index in [2.05, 4.69) is 68.3 Å². The van der Waals surface area contributed by atoms with Gasteiger partial charge in [-0.2, -0.15) is 0 Å². The average molecular weight is 380 g/mol. The first-order valence-electron chi connectivity index (χ1n) is 6.97. The van der Waals surface area contributed by atoms with Crippen molar-refractivity contribution < 1.29 is 4.43 Å². The minimum atomic E-state index is -1.56. The Balaban J connectivity index is 3.65. The summed E-state index contributed by atoms with van der Waals surface area (Å²) in [6, 6.07) is 0. The summed E-state index contributed by atoms with van der Waals surface area (Å²) in [5.41, 5.74) is 0. The van der Waals surface area contributed by atoms with Crippen LogP contribution in [0.2, 0.25) is 18.1 Å². The molecule has 0 aromatic rings. The molecule has 0 fully saturated rings. The maximum absolute atomic E-state index is 6.07. The molecule has 3 heteroatoms. The highest BCUT2D eigenvalue weighted by Crippen LogP contribution is 2.36. The normalized spacial score (nSPS) is 12.1. The lowest BCUT2D eigenvalue weighted by Gasteiger charge is -2.35. The maximum atomic E-state index is 6.07. The molecule has 0 aromatic carbocycles. The zero-order valence-corrected chi connectivity index (χ0v) is 15.9. The van der Waals surface area contributed by atoms with E-state index in [1.54, 1.807) is 0 Å². The molecule has 1 nitrogen and oxygen atoms in total. The van der Waals surface area contributed by atoms with Gasteiger partial charge in [0, 0.05) is 19.4 Å². The topological polar surface area (TPSA) is 9.23 Å². The lowest BCUT2D eigenvalue weighted by atomic mass is 10.2. The largest absolute Gasteiger partial charge is 0.416 e. The van der Waals surface area contributed by atoms with Gasteiger partial charge in [-0.15, -0.1) is 11.8 Å². The fraction of sp³-hybridized carbons (Fsp3) is 0.867. The SMILES string of the molecule is CC(C)(C)[Si](C)(C)OCCC#CCCCCCI. The van der Waals surface area contributed by atoms with Crippen LogP contribution in [0, 0.1) is 11.8 Å². The molecule has 18 heavy (non-hydrogen) atoms. The van der Waals surface area contributed by atoms with Crippen molar-refractivity contribution >= 4 is 30.9 Å². The predicted octanol–water partition coefficient (Wildman–Crippen LogP) is 5.40. The van der Waals surface area contributed by atoms with E-state index in [1.807, 2.05) is 0 Å². The van der Waals surface area contributed by atoms with Gasteiger partial charge >= 0.3 is 0 Å². The molecule has 0 radical (unpaired) electrons. The Bertz CT molecular complexity index is 270. The molecule has 0 bridgehead atoms. The smallest absolute Gasteiger partial charge is 0.192 e. The van der Waals surface area contributed by atoms with Gasteiger partial charge in [-0.25, -0.2) is 0 Å². The van der Waals surface area contributed by atoms with E-state index < -0.39 is 8.32 Å². The predicted molar refractivity (Wildman–Crippen MR) is 92.9 cm³/mol. The second-order valence-corrected chi connectivity index (χ2v) is 12.1. The van der Waals surface area contributed by atoms with Gasteiger partial charge in [0.05, 0.1) is 0 Å². The highest BCUT2D eigenvalue weighted by Gasteiger charge is 2.36. The summed E-state index contributed by atoms with van der Waals surface area (Å²) in [5.74, 6) is 6.48. The first-order chi connectivity index (χ1) is 8.31. The number of unbranched alkanes of at least 4 members (excludes halogenated alkanes) is 3. The fourth-order valence-corrected chi connectivity index (χ4v) is 2.82. The van der Waals surface area contributed by atoms with Crippen LogP contribution in [-0.2, 0) is 4.43 Å². The number of hydrogen-bond donors (Lipinski definition) is 0. The zero-order valence-electron chi connectivity index (χ0n) is 12.7. The summed E-state index contributed by atoms with van der Waals surface area (Å²) in [5, 5.41) is 0.305. The Morgan fingerprint density at radius 2 is 1.61 bits per heavy atom. The van der Waals surface area contributed by atoms with Gasteiger partial charge in [0.15, 0.2) is 8.32 Å². The fourth-order valence-electron chi connectivity index (χ4n) is 1.24. The maximum Gasteiger partial charge on any atom is 0.192 e. The van der Waals surface area contributed by atoms with Crippen molar-refractivity contribution in [2.45, 2.75) is 71.0 Å². The number of rotatable bonds is 7. The average Bonchev–Trinajstić information content (AvgIpc) is 2.25. The van der Waals surface area contributed by atoms with E-state index in [1.165, 1.54) is 23.7 Å². The monoisotopic (exact) mass is 380 g/mol. The molecule has 0 amide bonds. The third-order valence-electron chi connectivity index (χ3n) is 3.56. The van der Waals surface area contributed by atoms with Gasteiger partial charge in [0.1, 0.15) is 0 Å². The first-order valence-corrected chi connectivity index (χ1v) is 11.4. The Hall–Kier alpha value is 0.467. The third kappa shape index (κ3) is 8.55. The molecule has 0 unspecified atom stereocenters.